The molecule has 1 fully saturated rings. The quantitative estimate of drug-likeness (QED) is 0.915. The number of nitrogens with one attached hydrogen (secondary N) is 1. The van der Waals surface area contributed by atoms with Gasteiger partial charge in [0.05, 0.1) is 6.54 Å². The lowest BCUT2D eigenvalue weighted by Crippen LogP contribution is -2.63. The van der Waals surface area contributed by atoms with Crippen molar-refractivity contribution < 1.29 is 9.59 Å². The standard InChI is InChI=1S/C13H17BrN2O2S/c1-7(2)11-12(17)15-8(3)13(18)16(11)6-10-9(14)4-5-19-10/h4-5,7-8,11H,6H2,1-3H3,(H,15,17). The molecule has 1 aromatic heterocycles. The third-order valence-electron chi connectivity index (χ3n) is 3.25. The first-order chi connectivity index (χ1) is 8.91. The largest absolute Gasteiger partial charge is 0.343 e. The maximum Gasteiger partial charge on any atom is 0.245 e. The van der Waals surface area contributed by atoms with Gasteiger partial charge >= 0.3 is 0 Å². The number of halogens is 1. The van der Waals surface area contributed by atoms with Gasteiger partial charge in [0, 0.05) is 9.35 Å². The number of hydrogen-bond donors (Lipinski definition) is 1. The molecule has 0 saturated carbocycles. The van der Waals surface area contributed by atoms with Crippen LogP contribution in [0.3, 0.4) is 0 Å². The molecule has 2 unspecified atom stereocenters. The first kappa shape index (κ1) is 14.5. The first-order valence-electron chi connectivity index (χ1n) is 6.24. The maximum absolute atomic E-state index is 12.3. The summed E-state index contributed by atoms with van der Waals surface area (Å²) >= 11 is 5.06. The second-order valence-corrected chi connectivity index (χ2v) is 6.93. The maximum atomic E-state index is 12.3. The van der Waals surface area contributed by atoms with E-state index in [2.05, 4.69) is 21.2 Å². The Balaban J connectivity index is 2.29. The van der Waals surface area contributed by atoms with Crippen LogP contribution in [0.15, 0.2) is 15.9 Å². The molecule has 1 N–H and O–H groups in total. The lowest BCUT2D eigenvalue weighted by atomic mass is 9.97. The van der Waals surface area contributed by atoms with Crippen molar-refractivity contribution >= 4 is 39.1 Å². The molecule has 0 bridgehead atoms. The highest BCUT2D eigenvalue weighted by molar-refractivity contribution is 9.10. The molecule has 0 aliphatic carbocycles. The van der Waals surface area contributed by atoms with Crippen molar-refractivity contribution in [2.24, 2.45) is 5.92 Å². The van der Waals surface area contributed by atoms with Crippen LogP contribution in [0.1, 0.15) is 25.6 Å². The van der Waals surface area contributed by atoms with Crippen LogP contribution in [0.5, 0.6) is 0 Å². The van der Waals surface area contributed by atoms with Crippen LogP contribution in [-0.4, -0.2) is 28.8 Å². The van der Waals surface area contributed by atoms with E-state index in [-0.39, 0.29) is 17.7 Å². The highest BCUT2D eigenvalue weighted by Gasteiger charge is 2.40. The molecule has 2 amide bonds. The number of carbonyl (C=O) groups excluding carboxylic acids is 2. The fourth-order valence-corrected chi connectivity index (χ4v) is 3.79. The lowest BCUT2D eigenvalue weighted by molar-refractivity contribution is -0.151. The van der Waals surface area contributed by atoms with E-state index in [1.54, 1.807) is 23.2 Å². The molecule has 0 aromatic carbocycles. The van der Waals surface area contributed by atoms with Crippen LogP contribution < -0.4 is 5.32 Å². The van der Waals surface area contributed by atoms with E-state index in [0.29, 0.717) is 6.54 Å². The highest BCUT2D eigenvalue weighted by atomic mass is 79.9. The van der Waals surface area contributed by atoms with Gasteiger partial charge in [0.2, 0.25) is 11.8 Å². The smallest absolute Gasteiger partial charge is 0.245 e. The zero-order valence-corrected chi connectivity index (χ0v) is 13.5. The minimum Gasteiger partial charge on any atom is -0.343 e. The lowest BCUT2D eigenvalue weighted by Gasteiger charge is -2.39. The fraction of sp³-hybridized carbons (Fsp3) is 0.538. The summed E-state index contributed by atoms with van der Waals surface area (Å²) in [4.78, 5) is 27.2. The molecule has 2 heterocycles. The molecule has 2 rings (SSSR count). The average molecular weight is 345 g/mol. The number of thiophene rings is 1. The van der Waals surface area contributed by atoms with Gasteiger partial charge in [-0.25, -0.2) is 0 Å². The van der Waals surface area contributed by atoms with Crippen LogP contribution in [0.2, 0.25) is 0 Å². The molecule has 104 valence electrons. The molecule has 4 nitrogen and oxygen atoms in total. The summed E-state index contributed by atoms with van der Waals surface area (Å²) in [6, 6.07) is 1.13. The van der Waals surface area contributed by atoms with E-state index in [9.17, 15) is 9.59 Å². The van der Waals surface area contributed by atoms with Crippen molar-refractivity contribution in [1.82, 2.24) is 10.2 Å². The van der Waals surface area contributed by atoms with Crippen LogP contribution in [-0.2, 0) is 16.1 Å². The Kier molecular flexibility index (Phi) is 4.30. The minimum absolute atomic E-state index is 0.0152. The van der Waals surface area contributed by atoms with Gasteiger partial charge in [-0.05, 0) is 40.2 Å². The number of nitrogens with zero attached hydrogens (tertiary/aromatic N) is 1. The molecule has 1 aromatic rings. The topological polar surface area (TPSA) is 49.4 Å². The van der Waals surface area contributed by atoms with Gasteiger partial charge < -0.3 is 10.2 Å². The van der Waals surface area contributed by atoms with Gasteiger partial charge in [-0.3, -0.25) is 9.59 Å². The van der Waals surface area contributed by atoms with Gasteiger partial charge in [0.25, 0.3) is 0 Å². The molecule has 0 spiro atoms. The second kappa shape index (κ2) is 5.63. The van der Waals surface area contributed by atoms with Crippen molar-refractivity contribution in [3.8, 4) is 0 Å². The predicted octanol–water partition coefficient (Wildman–Crippen LogP) is 2.38. The van der Waals surface area contributed by atoms with E-state index in [1.807, 2.05) is 25.3 Å². The van der Waals surface area contributed by atoms with Crippen molar-refractivity contribution in [2.75, 3.05) is 0 Å². The zero-order valence-electron chi connectivity index (χ0n) is 11.1. The Bertz CT molecular complexity index is 501. The molecule has 1 aliphatic heterocycles. The van der Waals surface area contributed by atoms with E-state index < -0.39 is 12.1 Å². The van der Waals surface area contributed by atoms with E-state index in [0.717, 1.165) is 9.35 Å². The summed E-state index contributed by atoms with van der Waals surface area (Å²) in [6.45, 7) is 6.14. The summed E-state index contributed by atoms with van der Waals surface area (Å²) in [5.74, 6) is 0.0172. The molecule has 19 heavy (non-hydrogen) atoms. The van der Waals surface area contributed by atoms with Crippen molar-refractivity contribution in [3.63, 3.8) is 0 Å². The average Bonchev–Trinajstić information content (AvgIpc) is 2.71. The van der Waals surface area contributed by atoms with Gasteiger partial charge in [0.1, 0.15) is 12.1 Å². The third-order valence-corrected chi connectivity index (χ3v) is 5.16. The SMILES string of the molecule is CC1NC(=O)C(C(C)C)N(Cc2sccc2Br)C1=O. The van der Waals surface area contributed by atoms with Crippen molar-refractivity contribution in [3.05, 3.63) is 20.8 Å². The summed E-state index contributed by atoms with van der Waals surface area (Å²) in [5, 5.41) is 4.72. The number of carbonyl (C=O) groups is 2. The van der Waals surface area contributed by atoms with Crippen LogP contribution in [0, 0.1) is 5.92 Å². The van der Waals surface area contributed by atoms with Gasteiger partial charge in [-0.2, -0.15) is 0 Å². The number of hydrogen-bond acceptors (Lipinski definition) is 3. The molecule has 1 saturated heterocycles. The monoisotopic (exact) mass is 344 g/mol. The molecular weight excluding hydrogens is 328 g/mol. The van der Waals surface area contributed by atoms with E-state index >= 15 is 0 Å². The molecule has 6 heteroatoms. The summed E-state index contributed by atoms with van der Waals surface area (Å²) in [7, 11) is 0. The van der Waals surface area contributed by atoms with Crippen LogP contribution in [0.25, 0.3) is 0 Å². The first-order valence-corrected chi connectivity index (χ1v) is 7.91. The Morgan fingerprint density at radius 1 is 1.47 bits per heavy atom. The fourth-order valence-electron chi connectivity index (χ4n) is 2.32. The highest BCUT2D eigenvalue weighted by Crippen LogP contribution is 2.27. The van der Waals surface area contributed by atoms with E-state index in [1.165, 1.54) is 0 Å². The number of piperazine rings is 1. The Morgan fingerprint density at radius 2 is 2.16 bits per heavy atom. The normalized spacial score (nSPS) is 23.9. The molecular formula is C13H17BrN2O2S. The van der Waals surface area contributed by atoms with Crippen molar-refractivity contribution in [2.45, 2.75) is 39.4 Å². The van der Waals surface area contributed by atoms with Gasteiger partial charge in [-0.15, -0.1) is 11.3 Å². The zero-order chi connectivity index (χ0) is 14.2. The molecule has 1 aliphatic rings. The Hall–Kier alpha value is -0.880. The number of amides is 2. The predicted molar refractivity (Wildman–Crippen MR) is 78.8 cm³/mol. The van der Waals surface area contributed by atoms with Gasteiger partial charge in [0.15, 0.2) is 0 Å². The summed E-state index contributed by atoms with van der Waals surface area (Å²) < 4.78 is 0.992. The van der Waals surface area contributed by atoms with Gasteiger partial charge in [-0.1, -0.05) is 13.8 Å². The molecule has 2 atom stereocenters. The third kappa shape index (κ3) is 2.84. The van der Waals surface area contributed by atoms with Crippen LogP contribution in [0.4, 0.5) is 0 Å². The van der Waals surface area contributed by atoms with Crippen LogP contribution >= 0.6 is 27.3 Å². The second-order valence-electron chi connectivity index (χ2n) is 5.08. The number of rotatable bonds is 3. The Labute approximate surface area is 125 Å². The minimum atomic E-state index is -0.443. The summed E-state index contributed by atoms with van der Waals surface area (Å²) in [6.07, 6.45) is 0. The van der Waals surface area contributed by atoms with E-state index in [4.69, 9.17) is 0 Å². The molecule has 0 radical (unpaired) electrons. The van der Waals surface area contributed by atoms with Crippen molar-refractivity contribution in [1.29, 1.82) is 0 Å². The summed E-state index contributed by atoms with van der Waals surface area (Å²) in [5.41, 5.74) is 0. The Morgan fingerprint density at radius 3 is 2.68 bits per heavy atom.